The van der Waals surface area contributed by atoms with E-state index in [4.69, 9.17) is 19.3 Å². The van der Waals surface area contributed by atoms with Crippen molar-refractivity contribution in [2.75, 3.05) is 39.7 Å². The van der Waals surface area contributed by atoms with Crippen molar-refractivity contribution in [3.8, 4) is 17.2 Å². The number of benzene rings is 1. The number of nitrogens with zero attached hydrogens (tertiary/aromatic N) is 1. The Labute approximate surface area is 140 Å². The van der Waals surface area contributed by atoms with Crippen LogP contribution in [0.4, 0.5) is 10.5 Å². The van der Waals surface area contributed by atoms with Crippen molar-refractivity contribution in [1.29, 1.82) is 0 Å². The number of ether oxygens (including phenoxy) is 3. The summed E-state index contributed by atoms with van der Waals surface area (Å²) < 4.78 is 15.7. The molecule has 0 bridgehead atoms. The number of rotatable bonds is 5. The maximum absolute atomic E-state index is 12.4. The Morgan fingerprint density at radius 3 is 2.04 bits per heavy atom. The van der Waals surface area contributed by atoms with Gasteiger partial charge in [-0.2, -0.15) is 0 Å². The number of aliphatic carboxylic acids is 1. The van der Waals surface area contributed by atoms with E-state index < -0.39 is 5.97 Å². The van der Waals surface area contributed by atoms with E-state index in [1.165, 1.54) is 21.3 Å². The van der Waals surface area contributed by atoms with Gasteiger partial charge in [-0.15, -0.1) is 0 Å². The van der Waals surface area contributed by atoms with Crippen LogP contribution in [0.3, 0.4) is 0 Å². The van der Waals surface area contributed by atoms with E-state index in [0.717, 1.165) is 0 Å². The summed E-state index contributed by atoms with van der Waals surface area (Å²) in [6, 6.07) is 3.00. The van der Waals surface area contributed by atoms with Gasteiger partial charge >= 0.3 is 12.0 Å². The van der Waals surface area contributed by atoms with E-state index >= 15 is 0 Å². The molecule has 1 aromatic carbocycles. The molecule has 8 heteroatoms. The van der Waals surface area contributed by atoms with Gasteiger partial charge < -0.3 is 29.5 Å². The third-order valence-electron chi connectivity index (χ3n) is 4.05. The highest BCUT2D eigenvalue weighted by Gasteiger charge is 2.27. The number of hydrogen-bond donors (Lipinski definition) is 2. The number of methoxy groups -OCH3 is 3. The molecule has 0 atom stereocenters. The quantitative estimate of drug-likeness (QED) is 0.853. The Hall–Kier alpha value is -2.64. The predicted molar refractivity (Wildman–Crippen MR) is 87.0 cm³/mol. The summed E-state index contributed by atoms with van der Waals surface area (Å²) in [7, 11) is 4.50. The maximum atomic E-state index is 12.4. The molecule has 1 aliphatic rings. The molecule has 0 saturated carbocycles. The summed E-state index contributed by atoms with van der Waals surface area (Å²) in [4.78, 5) is 24.9. The minimum absolute atomic E-state index is 0.284. The number of likely N-dealkylation sites (tertiary alicyclic amines) is 1. The lowest BCUT2D eigenvalue weighted by atomic mass is 9.97. The molecule has 2 rings (SSSR count). The van der Waals surface area contributed by atoms with Crippen LogP contribution in [-0.4, -0.2) is 56.4 Å². The lowest BCUT2D eigenvalue weighted by Gasteiger charge is -2.30. The molecule has 1 aliphatic heterocycles. The first-order chi connectivity index (χ1) is 11.5. The van der Waals surface area contributed by atoms with Crippen LogP contribution >= 0.6 is 0 Å². The Kier molecular flexibility index (Phi) is 5.73. The zero-order valence-electron chi connectivity index (χ0n) is 14.0. The monoisotopic (exact) mass is 338 g/mol. The number of urea groups is 1. The fourth-order valence-corrected chi connectivity index (χ4v) is 2.69. The largest absolute Gasteiger partial charge is 0.493 e. The number of amides is 2. The SMILES string of the molecule is COc1cc(NC(=O)N2CCC(C(=O)O)CC2)cc(OC)c1OC. The van der Waals surface area contributed by atoms with E-state index in [2.05, 4.69) is 5.32 Å². The molecule has 1 fully saturated rings. The molecule has 0 aliphatic carbocycles. The standard InChI is InChI=1S/C16H22N2O6/c1-22-12-8-11(9-13(23-2)14(12)24-3)17-16(21)18-6-4-10(5-7-18)15(19)20/h8-10H,4-7H2,1-3H3,(H,17,21)(H,19,20). The first kappa shape index (κ1) is 17.7. The molecule has 24 heavy (non-hydrogen) atoms. The van der Waals surface area contributed by atoms with Crippen molar-refractivity contribution in [2.45, 2.75) is 12.8 Å². The van der Waals surface area contributed by atoms with Crippen LogP contribution in [0.1, 0.15) is 12.8 Å². The van der Waals surface area contributed by atoms with E-state index in [0.29, 0.717) is 48.9 Å². The van der Waals surface area contributed by atoms with E-state index in [9.17, 15) is 9.59 Å². The topological polar surface area (TPSA) is 97.3 Å². The fourth-order valence-electron chi connectivity index (χ4n) is 2.69. The van der Waals surface area contributed by atoms with Gasteiger partial charge in [-0.25, -0.2) is 4.79 Å². The number of nitrogens with one attached hydrogen (secondary N) is 1. The van der Waals surface area contributed by atoms with E-state index in [1.807, 2.05) is 0 Å². The molecule has 2 amide bonds. The van der Waals surface area contributed by atoms with Crippen molar-refractivity contribution in [1.82, 2.24) is 4.90 Å². The Bertz CT molecular complexity index is 586. The lowest BCUT2D eigenvalue weighted by Crippen LogP contribution is -2.42. The highest BCUT2D eigenvalue weighted by Crippen LogP contribution is 2.40. The number of carbonyl (C=O) groups is 2. The van der Waals surface area contributed by atoms with Gasteiger partial charge in [0.25, 0.3) is 0 Å². The van der Waals surface area contributed by atoms with Gasteiger partial charge in [0.2, 0.25) is 5.75 Å². The molecule has 2 N–H and O–H groups in total. The summed E-state index contributed by atoms with van der Waals surface area (Å²) >= 11 is 0. The molecule has 1 aromatic rings. The maximum Gasteiger partial charge on any atom is 0.321 e. The summed E-state index contributed by atoms with van der Waals surface area (Å²) in [6.45, 7) is 0.820. The smallest absolute Gasteiger partial charge is 0.321 e. The second kappa shape index (κ2) is 7.76. The second-order valence-corrected chi connectivity index (χ2v) is 5.44. The minimum atomic E-state index is -0.806. The summed E-state index contributed by atoms with van der Waals surface area (Å²) in [5.41, 5.74) is 0.509. The average Bonchev–Trinajstić information content (AvgIpc) is 2.60. The van der Waals surface area contributed by atoms with Gasteiger partial charge in [-0.3, -0.25) is 4.79 Å². The van der Waals surface area contributed by atoms with Crippen molar-refractivity contribution in [2.24, 2.45) is 5.92 Å². The number of carboxylic acids is 1. The first-order valence-corrected chi connectivity index (χ1v) is 7.58. The van der Waals surface area contributed by atoms with Crippen LogP contribution in [0.2, 0.25) is 0 Å². The van der Waals surface area contributed by atoms with E-state index in [1.54, 1.807) is 17.0 Å². The fraction of sp³-hybridized carbons (Fsp3) is 0.500. The van der Waals surface area contributed by atoms with Gasteiger partial charge in [0, 0.05) is 25.2 Å². The summed E-state index contributed by atoms with van der Waals surface area (Å²) in [6.07, 6.45) is 0.913. The van der Waals surface area contributed by atoms with Crippen molar-refractivity contribution >= 4 is 17.7 Å². The predicted octanol–water partition coefficient (Wildman–Crippen LogP) is 2.04. The number of anilines is 1. The number of carbonyl (C=O) groups excluding carboxylic acids is 1. The third kappa shape index (κ3) is 3.81. The summed E-state index contributed by atoms with van der Waals surface area (Å²) in [5, 5.41) is 11.8. The zero-order valence-corrected chi connectivity index (χ0v) is 14.0. The number of piperidine rings is 1. The molecule has 132 valence electrons. The minimum Gasteiger partial charge on any atom is -0.493 e. The highest BCUT2D eigenvalue weighted by atomic mass is 16.5. The Balaban J connectivity index is 2.08. The normalized spacial score (nSPS) is 14.9. The van der Waals surface area contributed by atoms with Crippen molar-refractivity contribution in [3.05, 3.63) is 12.1 Å². The molecular weight excluding hydrogens is 316 g/mol. The number of carboxylic acid groups (broad SMARTS) is 1. The highest BCUT2D eigenvalue weighted by molar-refractivity contribution is 5.90. The van der Waals surface area contributed by atoms with Gasteiger partial charge in [-0.1, -0.05) is 0 Å². The average molecular weight is 338 g/mol. The van der Waals surface area contributed by atoms with Crippen molar-refractivity contribution < 1.29 is 28.9 Å². The molecule has 8 nitrogen and oxygen atoms in total. The van der Waals surface area contributed by atoms with Crippen LogP contribution in [-0.2, 0) is 4.79 Å². The molecule has 1 heterocycles. The molecule has 0 aromatic heterocycles. The van der Waals surface area contributed by atoms with Crippen LogP contribution in [0, 0.1) is 5.92 Å². The Morgan fingerprint density at radius 1 is 1.08 bits per heavy atom. The molecule has 0 spiro atoms. The van der Waals surface area contributed by atoms with Gasteiger partial charge in [0.1, 0.15) is 0 Å². The molecular formula is C16H22N2O6. The summed E-state index contributed by atoms with van der Waals surface area (Å²) in [5.74, 6) is 0.142. The molecule has 1 saturated heterocycles. The van der Waals surface area contributed by atoms with Crippen LogP contribution < -0.4 is 19.5 Å². The number of hydrogen-bond acceptors (Lipinski definition) is 5. The lowest BCUT2D eigenvalue weighted by molar-refractivity contribution is -0.143. The van der Waals surface area contributed by atoms with Crippen LogP contribution in [0.5, 0.6) is 17.2 Å². The van der Waals surface area contributed by atoms with Gasteiger partial charge in [-0.05, 0) is 12.8 Å². The van der Waals surface area contributed by atoms with Crippen LogP contribution in [0.15, 0.2) is 12.1 Å². The first-order valence-electron chi connectivity index (χ1n) is 7.58. The zero-order chi connectivity index (χ0) is 17.7. The van der Waals surface area contributed by atoms with Crippen LogP contribution in [0.25, 0.3) is 0 Å². The van der Waals surface area contributed by atoms with E-state index in [-0.39, 0.29) is 11.9 Å². The Morgan fingerprint density at radius 2 is 1.62 bits per heavy atom. The molecule has 0 unspecified atom stereocenters. The third-order valence-corrected chi connectivity index (χ3v) is 4.05. The van der Waals surface area contributed by atoms with Gasteiger partial charge in [0.05, 0.1) is 32.9 Å². The second-order valence-electron chi connectivity index (χ2n) is 5.44. The van der Waals surface area contributed by atoms with Crippen molar-refractivity contribution in [3.63, 3.8) is 0 Å². The molecule has 0 radical (unpaired) electrons. The van der Waals surface area contributed by atoms with Gasteiger partial charge in [0.15, 0.2) is 11.5 Å².